The predicted octanol–water partition coefficient (Wildman–Crippen LogP) is 21.2. The van der Waals surface area contributed by atoms with Gasteiger partial charge < -0.3 is 9.80 Å². The molecule has 0 fully saturated rings. The van der Waals surface area contributed by atoms with Crippen LogP contribution in [0.4, 0.5) is 34.1 Å². The van der Waals surface area contributed by atoms with Crippen molar-refractivity contribution >= 4 is 34.1 Å². The minimum absolute atomic E-state index is 0.0880. The zero-order valence-corrected chi connectivity index (χ0v) is 47.1. The molecule has 0 aromatic heterocycles. The van der Waals surface area contributed by atoms with Crippen molar-refractivity contribution in [3.63, 3.8) is 0 Å². The van der Waals surface area contributed by atoms with Crippen molar-refractivity contribution in [3.05, 3.63) is 299 Å². The summed E-state index contributed by atoms with van der Waals surface area (Å²) in [5, 5.41) is 0. The second-order valence-corrected chi connectivity index (χ2v) is 25.0. The lowest BCUT2D eigenvalue weighted by molar-refractivity contribution is 0.586. The lowest BCUT2D eigenvalue weighted by Crippen LogP contribution is -2.28. The van der Waals surface area contributed by atoms with Crippen LogP contribution in [-0.4, -0.2) is 0 Å². The largest absolute Gasteiger partial charge is 0.310 e. The molecule has 1 unspecified atom stereocenters. The maximum absolute atomic E-state index is 2.57. The molecule has 14 rings (SSSR count). The Morgan fingerprint density at radius 2 is 0.550 bits per heavy atom. The van der Waals surface area contributed by atoms with E-state index in [4.69, 9.17) is 0 Å². The molecule has 3 aliphatic carbocycles. The van der Waals surface area contributed by atoms with Crippen LogP contribution in [0, 0.1) is 0 Å². The number of hydrogen-bond donors (Lipinski definition) is 0. The number of hydrogen-bond acceptors (Lipinski definition) is 2. The first-order chi connectivity index (χ1) is 38.7. The monoisotopic (exact) mass is 1030 g/mol. The van der Waals surface area contributed by atoms with Gasteiger partial charge in [0, 0.05) is 39.5 Å². The van der Waals surface area contributed by atoms with Crippen LogP contribution in [0.2, 0.25) is 0 Å². The molecular formula is C78H66N2. The molecule has 388 valence electrons. The van der Waals surface area contributed by atoms with Crippen LogP contribution in [0.25, 0.3) is 55.6 Å². The first-order valence-electron chi connectivity index (χ1n) is 28.5. The molecule has 0 aliphatic heterocycles. The molecule has 0 bridgehead atoms. The number of anilines is 6. The highest BCUT2D eigenvalue weighted by Gasteiger charge is 2.53. The molecule has 1 atom stereocenters. The van der Waals surface area contributed by atoms with E-state index in [1.807, 2.05) is 0 Å². The van der Waals surface area contributed by atoms with Crippen molar-refractivity contribution in [2.75, 3.05) is 9.80 Å². The van der Waals surface area contributed by atoms with Crippen LogP contribution in [-0.2, 0) is 21.7 Å². The Balaban J connectivity index is 1.02. The van der Waals surface area contributed by atoms with Crippen molar-refractivity contribution in [3.8, 4) is 55.6 Å². The summed E-state index contributed by atoms with van der Waals surface area (Å²) in [7, 11) is 0. The quantitative estimate of drug-likeness (QED) is 0.150. The van der Waals surface area contributed by atoms with E-state index in [1.165, 1.54) is 100 Å². The zero-order chi connectivity index (χ0) is 54.7. The molecule has 0 heterocycles. The van der Waals surface area contributed by atoms with Gasteiger partial charge >= 0.3 is 0 Å². The van der Waals surface area contributed by atoms with Gasteiger partial charge in [0.05, 0.1) is 5.41 Å². The highest BCUT2D eigenvalue weighted by atomic mass is 15.1. The van der Waals surface area contributed by atoms with Crippen molar-refractivity contribution in [1.29, 1.82) is 0 Å². The van der Waals surface area contributed by atoms with Gasteiger partial charge in [-0.3, -0.25) is 0 Å². The summed E-state index contributed by atoms with van der Waals surface area (Å²) in [6.07, 6.45) is 0. The number of rotatable bonds is 8. The van der Waals surface area contributed by atoms with E-state index in [2.05, 4.69) is 320 Å². The normalized spacial score (nSPS) is 15.2. The van der Waals surface area contributed by atoms with Crippen molar-refractivity contribution < 1.29 is 0 Å². The van der Waals surface area contributed by atoms with Crippen LogP contribution in [0.1, 0.15) is 99.9 Å². The van der Waals surface area contributed by atoms with E-state index in [9.17, 15) is 0 Å². The Hall–Kier alpha value is -8.98. The predicted molar refractivity (Wildman–Crippen MR) is 338 cm³/mol. The fourth-order valence-corrected chi connectivity index (χ4v) is 13.6. The van der Waals surface area contributed by atoms with Gasteiger partial charge in [-0.15, -0.1) is 0 Å². The van der Waals surface area contributed by atoms with E-state index in [-0.39, 0.29) is 16.2 Å². The van der Waals surface area contributed by atoms with Crippen molar-refractivity contribution in [1.82, 2.24) is 0 Å². The third-order valence-electron chi connectivity index (χ3n) is 17.8. The van der Waals surface area contributed by atoms with Gasteiger partial charge in [0.1, 0.15) is 0 Å². The number of para-hydroxylation sites is 1. The molecule has 2 nitrogen and oxygen atoms in total. The SMILES string of the molecule is CC(C)(C)c1ccc2c(c1)C1(c3cc(N(c4ccc(-c5ccccc5)cc4)c4ccc(-c5ccccc5)cc4)ccc3-2)c2cc(N(c3ccccc3)c3ccc4c(c3)C(C)(C)c3ccccc3-4)ccc2-c2ccc(C(C)(C)C)cc21. The molecule has 0 N–H and O–H groups in total. The van der Waals surface area contributed by atoms with E-state index in [0.717, 1.165) is 34.1 Å². The average molecular weight is 1030 g/mol. The Kier molecular flexibility index (Phi) is 11.3. The minimum atomic E-state index is -0.673. The van der Waals surface area contributed by atoms with Gasteiger partial charge in [0.15, 0.2) is 0 Å². The van der Waals surface area contributed by atoms with Crippen LogP contribution >= 0.6 is 0 Å². The van der Waals surface area contributed by atoms with Crippen LogP contribution in [0.15, 0.2) is 255 Å². The summed E-state index contributed by atoms with van der Waals surface area (Å²) in [5.74, 6) is 0. The molecule has 0 saturated heterocycles. The third-order valence-corrected chi connectivity index (χ3v) is 17.8. The first-order valence-corrected chi connectivity index (χ1v) is 28.5. The molecule has 3 aliphatic rings. The summed E-state index contributed by atoms with van der Waals surface area (Å²) < 4.78 is 0. The minimum Gasteiger partial charge on any atom is -0.310 e. The molecule has 11 aromatic rings. The molecule has 11 aromatic carbocycles. The maximum atomic E-state index is 2.57. The fourth-order valence-electron chi connectivity index (χ4n) is 13.6. The Labute approximate surface area is 473 Å². The van der Waals surface area contributed by atoms with Gasteiger partial charge in [0.25, 0.3) is 0 Å². The molecule has 1 spiro atoms. The van der Waals surface area contributed by atoms with E-state index in [0.29, 0.717) is 0 Å². The van der Waals surface area contributed by atoms with Gasteiger partial charge in [-0.1, -0.05) is 237 Å². The smallest absolute Gasteiger partial charge is 0.0727 e. The molecule has 0 amide bonds. The highest BCUT2D eigenvalue weighted by Crippen LogP contribution is 2.65. The topological polar surface area (TPSA) is 6.48 Å². The van der Waals surface area contributed by atoms with Crippen LogP contribution < -0.4 is 9.80 Å². The van der Waals surface area contributed by atoms with Gasteiger partial charge in [-0.25, -0.2) is 0 Å². The zero-order valence-electron chi connectivity index (χ0n) is 47.1. The molecular weight excluding hydrogens is 965 g/mol. The van der Waals surface area contributed by atoms with Crippen LogP contribution in [0.3, 0.4) is 0 Å². The third kappa shape index (κ3) is 7.75. The first kappa shape index (κ1) is 49.3. The Bertz CT molecular complexity index is 4080. The lowest BCUT2D eigenvalue weighted by Gasteiger charge is -2.35. The second kappa shape index (κ2) is 18.3. The summed E-state index contributed by atoms with van der Waals surface area (Å²) in [6, 6.07) is 96.2. The average Bonchev–Trinajstić information content (AvgIpc) is 3.98. The summed E-state index contributed by atoms with van der Waals surface area (Å²) >= 11 is 0. The van der Waals surface area contributed by atoms with Gasteiger partial charge in [-0.2, -0.15) is 0 Å². The van der Waals surface area contributed by atoms with Gasteiger partial charge in [-0.05, 0) is 184 Å². The number of nitrogens with zero attached hydrogens (tertiary/aromatic N) is 2. The van der Waals surface area contributed by atoms with Gasteiger partial charge in [0.2, 0.25) is 0 Å². The standard InChI is InChI=1S/C78H66N2/c1-75(2,3)55-32-41-65-67-44-39-61(79(58-34-28-53(29-35-58)51-20-12-9-13-21-51)59-36-30-54(31-37-59)52-22-14-10-15-23-52)49-73(67)78(71(65)46-55)72-47-56(76(4,5)6)33-42-66(72)68-45-40-62(50-74(68)78)80(57-24-16-11-17-25-57)60-38-43-64-63-26-18-19-27-69(63)77(7,8)70(64)48-60/h9-50H,1-8H3. The summed E-state index contributed by atoms with van der Waals surface area (Å²) in [5.41, 5.74) is 28.9. The molecule has 0 saturated carbocycles. The van der Waals surface area contributed by atoms with E-state index < -0.39 is 5.41 Å². The Morgan fingerprint density at radius 1 is 0.250 bits per heavy atom. The lowest BCUT2D eigenvalue weighted by atomic mass is 9.68. The molecule has 0 radical (unpaired) electrons. The molecule has 2 heteroatoms. The number of fused-ring (bicyclic) bond motifs is 13. The highest BCUT2D eigenvalue weighted by molar-refractivity contribution is 5.98. The summed E-state index contributed by atoms with van der Waals surface area (Å²) in [4.78, 5) is 4.96. The van der Waals surface area contributed by atoms with Crippen molar-refractivity contribution in [2.24, 2.45) is 0 Å². The van der Waals surface area contributed by atoms with E-state index >= 15 is 0 Å². The maximum Gasteiger partial charge on any atom is 0.0727 e. The number of benzene rings is 11. The van der Waals surface area contributed by atoms with E-state index in [1.54, 1.807) is 0 Å². The summed E-state index contributed by atoms with van der Waals surface area (Å²) in [6.45, 7) is 18.9. The van der Waals surface area contributed by atoms with Crippen molar-refractivity contribution in [2.45, 2.75) is 77.0 Å². The Morgan fingerprint density at radius 3 is 0.988 bits per heavy atom. The molecule has 80 heavy (non-hydrogen) atoms. The van der Waals surface area contributed by atoms with Crippen LogP contribution in [0.5, 0.6) is 0 Å². The fraction of sp³-hybridized carbons (Fsp3) is 0.154. The second-order valence-electron chi connectivity index (χ2n) is 25.0.